The van der Waals surface area contributed by atoms with Crippen molar-refractivity contribution in [3.63, 3.8) is 0 Å². The lowest BCUT2D eigenvalue weighted by atomic mass is 10.0. The first-order valence-electron chi connectivity index (χ1n) is 11.2. The van der Waals surface area contributed by atoms with E-state index in [9.17, 15) is 19.2 Å². The Labute approximate surface area is 196 Å². The number of piperidine rings is 1. The molecular formula is C24H25N5O5. The molecule has 0 spiro atoms. The summed E-state index contributed by atoms with van der Waals surface area (Å²) in [6, 6.07) is 8.90. The van der Waals surface area contributed by atoms with E-state index < -0.39 is 18.0 Å². The molecule has 0 saturated carbocycles. The molecule has 10 nitrogen and oxygen atoms in total. The van der Waals surface area contributed by atoms with Crippen molar-refractivity contribution in [1.82, 2.24) is 25.0 Å². The molecule has 1 atom stereocenters. The van der Waals surface area contributed by atoms with Crippen molar-refractivity contribution in [1.29, 1.82) is 0 Å². The molecule has 1 aromatic carbocycles. The molecule has 3 aliphatic heterocycles. The molecule has 0 unspecified atom stereocenters. The molecule has 176 valence electrons. The maximum atomic E-state index is 12.9. The summed E-state index contributed by atoms with van der Waals surface area (Å²) in [5, 5.41) is 11.4. The number of carbonyl (C=O) groups excluding carboxylic acids is 3. The minimum absolute atomic E-state index is 0.0142. The number of imide groups is 1. The van der Waals surface area contributed by atoms with Crippen LogP contribution in [-0.2, 0) is 22.7 Å². The third-order valence-corrected chi connectivity index (χ3v) is 6.84. The number of likely N-dealkylation sites (N-methyl/N-ethyl adjacent to an activating group) is 1. The quantitative estimate of drug-likeness (QED) is 0.641. The molecule has 10 heteroatoms. The summed E-state index contributed by atoms with van der Waals surface area (Å²) in [4.78, 5) is 57.3. The first kappa shape index (κ1) is 22.0. The normalized spacial score (nSPS) is 20.7. The van der Waals surface area contributed by atoms with E-state index in [0.29, 0.717) is 38.2 Å². The van der Waals surface area contributed by atoms with E-state index in [1.807, 2.05) is 24.3 Å². The Morgan fingerprint density at radius 2 is 2.00 bits per heavy atom. The van der Waals surface area contributed by atoms with Crippen LogP contribution in [0.1, 0.15) is 34.3 Å². The highest BCUT2D eigenvalue weighted by Crippen LogP contribution is 2.31. The fourth-order valence-electron chi connectivity index (χ4n) is 4.80. The van der Waals surface area contributed by atoms with E-state index in [0.717, 1.165) is 22.4 Å². The Morgan fingerprint density at radius 3 is 2.74 bits per heavy atom. The minimum atomic E-state index is -0.915. The number of hydrogen-bond donors (Lipinski definition) is 2. The number of hydrogen-bond acceptors (Lipinski definition) is 6. The molecule has 2 aromatic rings. The number of carboxylic acid groups (broad SMARTS) is 1. The number of amides is 4. The average molecular weight is 463 g/mol. The second-order valence-electron chi connectivity index (χ2n) is 9.06. The molecule has 1 aromatic heterocycles. The maximum Gasteiger partial charge on any atom is 0.407 e. The minimum Gasteiger partial charge on any atom is -0.465 e. The fraction of sp³-hybridized carbons (Fsp3) is 0.375. The summed E-state index contributed by atoms with van der Waals surface area (Å²) < 4.78 is 0. The van der Waals surface area contributed by atoms with Gasteiger partial charge in [0.25, 0.3) is 5.91 Å². The van der Waals surface area contributed by atoms with Gasteiger partial charge in [0.1, 0.15) is 6.04 Å². The maximum absolute atomic E-state index is 12.9. The van der Waals surface area contributed by atoms with Crippen LogP contribution < -0.4 is 5.32 Å². The van der Waals surface area contributed by atoms with E-state index in [2.05, 4.69) is 15.2 Å². The predicted molar refractivity (Wildman–Crippen MR) is 121 cm³/mol. The van der Waals surface area contributed by atoms with Gasteiger partial charge in [0, 0.05) is 57.0 Å². The molecule has 2 N–H and O–H groups in total. The summed E-state index contributed by atoms with van der Waals surface area (Å²) in [6.45, 7) is 2.40. The Kier molecular flexibility index (Phi) is 5.52. The van der Waals surface area contributed by atoms with Crippen LogP contribution in [0.3, 0.4) is 0 Å². The summed E-state index contributed by atoms with van der Waals surface area (Å²) in [5.41, 5.74) is 4.14. The van der Waals surface area contributed by atoms with E-state index >= 15 is 0 Å². The average Bonchev–Trinajstić information content (AvgIpc) is 3.11. The van der Waals surface area contributed by atoms with Crippen molar-refractivity contribution >= 4 is 23.8 Å². The van der Waals surface area contributed by atoms with Crippen LogP contribution in [0.4, 0.5) is 4.79 Å². The topological polar surface area (TPSA) is 123 Å². The third kappa shape index (κ3) is 4.01. The van der Waals surface area contributed by atoms with Crippen molar-refractivity contribution in [2.24, 2.45) is 0 Å². The number of fused-ring (bicyclic) bond motifs is 1. The standard InChI is InChI=1S/C24H25N5O5/c1-27(24(33)34)17-12-28(13-17)10-14-6-7-25-19(8-14)15-2-3-18-16(9-15)11-29(23(18)32)20-4-5-21(30)26-22(20)31/h2-3,6-9,17,20H,4-5,10-13H2,1H3,(H,33,34)(H,26,30,31)/t20-/m0/s1. The van der Waals surface area contributed by atoms with Crippen LogP contribution in [0, 0.1) is 0 Å². The fourth-order valence-corrected chi connectivity index (χ4v) is 4.80. The number of pyridine rings is 1. The van der Waals surface area contributed by atoms with Crippen molar-refractivity contribution in [2.45, 2.75) is 38.0 Å². The largest absolute Gasteiger partial charge is 0.465 e. The first-order valence-corrected chi connectivity index (χ1v) is 11.2. The molecule has 0 aliphatic carbocycles. The van der Waals surface area contributed by atoms with Crippen molar-refractivity contribution < 1.29 is 24.3 Å². The Morgan fingerprint density at radius 1 is 1.21 bits per heavy atom. The summed E-state index contributed by atoms with van der Waals surface area (Å²) in [7, 11) is 1.59. The second kappa shape index (κ2) is 8.53. The monoisotopic (exact) mass is 463 g/mol. The van der Waals surface area contributed by atoms with Gasteiger partial charge in [0.05, 0.1) is 11.7 Å². The van der Waals surface area contributed by atoms with Gasteiger partial charge in [0.15, 0.2) is 0 Å². The van der Waals surface area contributed by atoms with Crippen LogP contribution in [-0.4, -0.2) is 80.8 Å². The van der Waals surface area contributed by atoms with E-state index in [1.54, 1.807) is 19.3 Å². The molecule has 2 saturated heterocycles. The molecule has 2 fully saturated rings. The van der Waals surface area contributed by atoms with Gasteiger partial charge in [-0.3, -0.25) is 29.6 Å². The van der Waals surface area contributed by atoms with Gasteiger partial charge in [-0.15, -0.1) is 0 Å². The third-order valence-electron chi connectivity index (χ3n) is 6.84. The van der Waals surface area contributed by atoms with Gasteiger partial charge in [0.2, 0.25) is 11.8 Å². The smallest absolute Gasteiger partial charge is 0.407 e. The molecule has 34 heavy (non-hydrogen) atoms. The highest BCUT2D eigenvalue weighted by molar-refractivity contribution is 6.05. The molecule has 0 bridgehead atoms. The number of benzene rings is 1. The van der Waals surface area contributed by atoms with Crippen molar-refractivity contribution in [2.75, 3.05) is 20.1 Å². The van der Waals surface area contributed by atoms with Crippen LogP contribution in [0.25, 0.3) is 11.3 Å². The van der Waals surface area contributed by atoms with Crippen molar-refractivity contribution in [3.8, 4) is 11.3 Å². The number of likely N-dealkylation sites (tertiary alicyclic amines) is 1. The lowest BCUT2D eigenvalue weighted by Gasteiger charge is -2.42. The van der Waals surface area contributed by atoms with Gasteiger partial charge in [-0.05, 0) is 41.8 Å². The molecular weight excluding hydrogens is 438 g/mol. The molecule has 5 rings (SSSR count). The van der Waals surface area contributed by atoms with Crippen LogP contribution in [0.2, 0.25) is 0 Å². The predicted octanol–water partition coefficient (Wildman–Crippen LogP) is 1.30. The summed E-state index contributed by atoms with van der Waals surface area (Å²) in [5.74, 6) is -0.924. The van der Waals surface area contributed by atoms with Gasteiger partial charge in [-0.25, -0.2) is 4.79 Å². The summed E-state index contributed by atoms with van der Waals surface area (Å²) in [6.07, 6.45) is 1.39. The first-order chi connectivity index (χ1) is 16.3. The van der Waals surface area contributed by atoms with Crippen LogP contribution >= 0.6 is 0 Å². The summed E-state index contributed by atoms with van der Waals surface area (Å²) >= 11 is 0. The van der Waals surface area contributed by atoms with Gasteiger partial charge >= 0.3 is 6.09 Å². The zero-order valence-electron chi connectivity index (χ0n) is 18.7. The highest BCUT2D eigenvalue weighted by Gasteiger charge is 2.39. The zero-order valence-corrected chi connectivity index (χ0v) is 18.7. The van der Waals surface area contributed by atoms with Gasteiger partial charge in [-0.2, -0.15) is 0 Å². The van der Waals surface area contributed by atoms with Gasteiger partial charge < -0.3 is 14.9 Å². The Bertz CT molecular complexity index is 1190. The Hall–Kier alpha value is -3.79. The second-order valence-corrected chi connectivity index (χ2v) is 9.06. The molecule has 4 heterocycles. The van der Waals surface area contributed by atoms with Crippen molar-refractivity contribution in [3.05, 3.63) is 53.2 Å². The molecule has 3 aliphatic rings. The molecule has 0 radical (unpaired) electrons. The van der Waals surface area contributed by atoms with E-state index in [-0.39, 0.29) is 24.3 Å². The lowest BCUT2D eigenvalue weighted by Crippen LogP contribution is -2.58. The molecule has 4 amide bonds. The number of rotatable bonds is 5. The van der Waals surface area contributed by atoms with Crippen LogP contribution in [0.15, 0.2) is 36.5 Å². The number of nitrogens with one attached hydrogen (secondary N) is 1. The SMILES string of the molecule is CN(C(=O)O)C1CN(Cc2ccnc(-c3ccc4c(c3)CN([C@H]3CCC(=O)NC3=O)C4=O)c2)C1. The van der Waals surface area contributed by atoms with E-state index in [4.69, 9.17) is 5.11 Å². The van der Waals surface area contributed by atoms with E-state index in [1.165, 1.54) is 9.80 Å². The number of nitrogens with zero attached hydrogens (tertiary/aromatic N) is 4. The number of aromatic nitrogens is 1. The Balaban J connectivity index is 1.28. The number of carbonyl (C=O) groups is 4. The lowest BCUT2D eigenvalue weighted by molar-refractivity contribution is -0.136. The van der Waals surface area contributed by atoms with Crippen LogP contribution in [0.5, 0.6) is 0 Å². The highest BCUT2D eigenvalue weighted by atomic mass is 16.4. The van der Waals surface area contributed by atoms with Gasteiger partial charge in [-0.1, -0.05) is 6.07 Å². The zero-order chi connectivity index (χ0) is 24.0.